The molecular weight excluding hydrogens is 520 g/mol. The van der Waals surface area contributed by atoms with Gasteiger partial charge in [-0.05, 0) is 42.0 Å². The van der Waals surface area contributed by atoms with Gasteiger partial charge in [0, 0.05) is 6.42 Å². The fraction of sp³-hybridized carbons (Fsp3) is 0.393. The second-order valence-corrected chi connectivity index (χ2v) is 9.92. The number of hydrogen-bond acceptors (Lipinski definition) is 7. The van der Waals surface area contributed by atoms with E-state index in [4.69, 9.17) is 10.8 Å². The maximum absolute atomic E-state index is 13.4. The van der Waals surface area contributed by atoms with Gasteiger partial charge in [0.25, 0.3) is 0 Å². The molecule has 0 saturated carbocycles. The molecule has 0 radical (unpaired) electrons. The number of rotatable bonds is 15. The molecule has 0 aliphatic carbocycles. The molecule has 0 heterocycles. The summed E-state index contributed by atoms with van der Waals surface area (Å²) in [5, 5.41) is 35.3. The number of carboxylic acid groups (broad SMARTS) is 2. The molecule has 4 atom stereocenters. The van der Waals surface area contributed by atoms with Gasteiger partial charge in [-0.25, -0.2) is 4.79 Å². The zero-order valence-corrected chi connectivity index (χ0v) is 22.4. The summed E-state index contributed by atoms with van der Waals surface area (Å²) in [6.07, 6.45) is -0.506. The van der Waals surface area contributed by atoms with Crippen molar-refractivity contribution in [2.75, 3.05) is 0 Å². The van der Waals surface area contributed by atoms with Crippen LogP contribution in [0.3, 0.4) is 0 Å². The summed E-state index contributed by atoms with van der Waals surface area (Å²) in [5.74, 6) is -5.23. The molecule has 0 bridgehead atoms. The number of phenolic OH excluding ortho intramolecular Hbond substituents is 1. The van der Waals surface area contributed by atoms with Crippen molar-refractivity contribution >= 4 is 29.7 Å². The van der Waals surface area contributed by atoms with E-state index in [0.29, 0.717) is 5.56 Å². The summed E-state index contributed by atoms with van der Waals surface area (Å²) in [7, 11) is 0. The lowest BCUT2D eigenvalue weighted by Crippen LogP contribution is -2.58. The first-order chi connectivity index (χ1) is 18.8. The molecule has 2 aromatic carbocycles. The first-order valence-electron chi connectivity index (χ1n) is 12.8. The van der Waals surface area contributed by atoms with Crippen LogP contribution in [0, 0.1) is 5.92 Å². The quantitative estimate of drug-likeness (QED) is 0.163. The molecule has 0 aromatic heterocycles. The van der Waals surface area contributed by atoms with Crippen LogP contribution in [0.1, 0.15) is 37.8 Å². The molecule has 4 unspecified atom stereocenters. The monoisotopic (exact) mass is 556 g/mol. The van der Waals surface area contributed by atoms with Crippen LogP contribution in [-0.2, 0) is 36.8 Å². The highest BCUT2D eigenvalue weighted by Gasteiger charge is 2.31. The summed E-state index contributed by atoms with van der Waals surface area (Å²) in [6, 6.07) is 10.1. The number of amides is 3. The van der Waals surface area contributed by atoms with E-state index in [1.54, 1.807) is 26.0 Å². The molecule has 12 nitrogen and oxygen atoms in total. The van der Waals surface area contributed by atoms with Crippen LogP contribution in [0.25, 0.3) is 0 Å². The van der Waals surface area contributed by atoms with Gasteiger partial charge in [0.2, 0.25) is 17.7 Å². The Hall–Kier alpha value is -4.45. The summed E-state index contributed by atoms with van der Waals surface area (Å²) in [4.78, 5) is 61.8. The van der Waals surface area contributed by atoms with Gasteiger partial charge >= 0.3 is 11.9 Å². The SMILES string of the molecule is CC(C)CC(NC(=O)C(Cc1ccc(O)cc1)NC(=O)C(N)Cc1ccccc1)C(=O)NC(CC(=O)O)C(=O)O. The fourth-order valence-electron chi connectivity index (χ4n) is 3.94. The van der Waals surface area contributed by atoms with Gasteiger partial charge in [-0.1, -0.05) is 56.3 Å². The Morgan fingerprint density at radius 3 is 1.80 bits per heavy atom. The van der Waals surface area contributed by atoms with Crippen LogP contribution in [0.4, 0.5) is 0 Å². The zero-order valence-electron chi connectivity index (χ0n) is 22.4. The number of carbonyl (C=O) groups is 5. The van der Waals surface area contributed by atoms with Crippen LogP contribution < -0.4 is 21.7 Å². The predicted molar refractivity (Wildman–Crippen MR) is 145 cm³/mol. The minimum absolute atomic E-state index is 0.00267. The Morgan fingerprint density at radius 1 is 0.725 bits per heavy atom. The number of hydrogen-bond donors (Lipinski definition) is 7. The number of nitrogens with two attached hydrogens (primary N) is 1. The molecule has 0 saturated heterocycles. The maximum Gasteiger partial charge on any atom is 0.326 e. The van der Waals surface area contributed by atoms with E-state index in [1.165, 1.54) is 12.1 Å². The molecule has 216 valence electrons. The highest BCUT2D eigenvalue weighted by molar-refractivity contribution is 5.94. The van der Waals surface area contributed by atoms with E-state index in [2.05, 4.69) is 16.0 Å². The molecule has 8 N–H and O–H groups in total. The Morgan fingerprint density at radius 2 is 1.25 bits per heavy atom. The molecule has 0 aliphatic rings. The smallest absolute Gasteiger partial charge is 0.326 e. The molecule has 3 amide bonds. The summed E-state index contributed by atoms with van der Waals surface area (Å²) in [6.45, 7) is 3.58. The number of aromatic hydroxyl groups is 1. The van der Waals surface area contributed by atoms with E-state index >= 15 is 0 Å². The second-order valence-electron chi connectivity index (χ2n) is 9.92. The molecule has 12 heteroatoms. The molecule has 0 aliphatic heterocycles. The van der Waals surface area contributed by atoms with Crippen molar-refractivity contribution in [2.45, 2.75) is 63.7 Å². The lowest BCUT2D eigenvalue weighted by molar-refractivity contribution is -0.147. The average molecular weight is 557 g/mol. The van der Waals surface area contributed by atoms with Gasteiger partial charge in [0.15, 0.2) is 0 Å². The number of aliphatic carboxylic acids is 2. The third-order valence-corrected chi connectivity index (χ3v) is 5.98. The van der Waals surface area contributed by atoms with Crippen LogP contribution in [0.5, 0.6) is 5.75 Å². The summed E-state index contributed by atoms with van der Waals surface area (Å²) >= 11 is 0. The Kier molecular flexibility index (Phi) is 12.1. The number of carboxylic acids is 2. The molecule has 0 spiro atoms. The number of phenols is 1. The molecule has 2 rings (SSSR count). The standard InChI is InChI=1S/C28H36N4O8/c1-16(2)12-21(26(37)32-23(28(39)40)15-24(34)35)31-27(38)22(14-18-8-10-19(33)11-9-18)30-25(36)20(29)13-17-6-4-3-5-7-17/h3-11,16,20-23,33H,12-15,29H2,1-2H3,(H,30,36)(H,31,38)(H,32,37)(H,34,35)(H,39,40). The minimum Gasteiger partial charge on any atom is -0.508 e. The molecule has 40 heavy (non-hydrogen) atoms. The fourth-order valence-corrected chi connectivity index (χ4v) is 3.94. The second kappa shape index (κ2) is 15.2. The summed E-state index contributed by atoms with van der Waals surface area (Å²) < 4.78 is 0. The topological polar surface area (TPSA) is 208 Å². The van der Waals surface area contributed by atoms with Crippen molar-refractivity contribution in [3.8, 4) is 5.75 Å². The molecule has 2 aromatic rings. The average Bonchev–Trinajstić information content (AvgIpc) is 2.88. The normalized spacial score (nSPS) is 13.9. The first-order valence-corrected chi connectivity index (χ1v) is 12.8. The molecular formula is C28H36N4O8. The van der Waals surface area contributed by atoms with Crippen molar-refractivity contribution in [2.24, 2.45) is 11.7 Å². The maximum atomic E-state index is 13.4. The zero-order chi connectivity index (χ0) is 29.8. The van der Waals surface area contributed by atoms with E-state index < -0.39 is 60.2 Å². The Balaban J connectivity index is 2.24. The lowest BCUT2D eigenvalue weighted by Gasteiger charge is -2.26. The van der Waals surface area contributed by atoms with E-state index in [0.717, 1.165) is 5.56 Å². The van der Waals surface area contributed by atoms with Crippen LogP contribution in [-0.4, -0.2) is 69.1 Å². The van der Waals surface area contributed by atoms with Crippen molar-refractivity contribution in [3.63, 3.8) is 0 Å². The highest BCUT2D eigenvalue weighted by Crippen LogP contribution is 2.13. The van der Waals surface area contributed by atoms with Gasteiger partial charge in [0.05, 0.1) is 12.5 Å². The highest BCUT2D eigenvalue weighted by atomic mass is 16.4. The van der Waals surface area contributed by atoms with E-state index in [-0.39, 0.29) is 30.9 Å². The number of carbonyl (C=O) groups excluding carboxylic acids is 3. The number of benzene rings is 2. The van der Waals surface area contributed by atoms with Crippen molar-refractivity contribution in [1.82, 2.24) is 16.0 Å². The van der Waals surface area contributed by atoms with Crippen LogP contribution >= 0.6 is 0 Å². The minimum atomic E-state index is -1.69. The van der Waals surface area contributed by atoms with E-state index in [9.17, 15) is 34.2 Å². The largest absolute Gasteiger partial charge is 0.508 e. The van der Waals surface area contributed by atoms with Crippen LogP contribution in [0.15, 0.2) is 54.6 Å². The first kappa shape index (κ1) is 31.8. The van der Waals surface area contributed by atoms with Gasteiger partial charge in [0.1, 0.15) is 23.9 Å². The summed E-state index contributed by atoms with van der Waals surface area (Å²) in [5.41, 5.74) is 7.54. The van der Waals surface area contributed by atoms with Gasteiger partial charge in [-0.2, -0.15) is 0 Å². The van der Waals surface area contributed by atoms with Crippen molar-refractivity contribution in [1.29, 1.82) is 0 Å². The van der Waals surface area contributed by atoms with Crippen LogP contribution in [0.2, 0.25) is 0 Å². The van der Waals surface area contributed by atoms with Gasteiger partial charge < -0.3 is 37.0 Å². The lowest BCUT2D eigenvalue weighted by atomic mass is 10.00. The Labute approximate surface area is 232 Å². The Bertz CT molecular complexity index is 1170. The van der Waals surface area contributed by atoms with E-state index in [1.807, 2.05) is 30.3 Å². The predicted octanol–water partition coefficient (Wildman–Crippen LogP) is 0.565. The molecule has 0 fully saturated rings. The number of nitrogens with one attached hydrogen (secondary N) is 3. The third kappa shape index (κ3) is 10.7. The van der Waals surface area contributed by atoms with Crippen molar-refractivity contribution in [3.05, 3.63) is 65.7 Å². The van der Waals surface area contributed by atoms with Crippen molar-refractivity contribution < 1.29 is 39.3 Å². The van der Waals surface area contributed by atoms with Gasteiger partial charge in [-0.15, -0.1) is 0 Å². The third-order valence-electron chi connectivity index (χ3n) is 5.98. The van der Waals surface area contributed by atoms with Gasteiger partial charge in [-0.3, -0.25) is 19.2 Å².